The number of sulfone groups is 1. The minimum atomic E-state index is -3.48. The number of carboxylic acids is 1. The van der Waals surface area contributed by atoms with E-state index in [2.05, 4.69) is 0 Å². The second-order valence-corrected chi connectivity index (χ2v) is 12.9. The predicted molar refractivity (Wildman–Crippen MR) is 142 cm³/mol. The molecule has 2 aromatic rings. The molecule has 0 radical (unpaired) electrons. The first-order chi connectivity index (χ1) is 17.6. The van der Waals surface area contributed by atoms with Gasteiger partial charge in [-0.3, -0.25) is 9.59 Å². The van der Waals surface area contributed by atoms with Crippen LogP contribution in [0.15, 0.2) is 48.5 Å². The van der Waals surface area contributed by atoms with Gasteiger partial charge in [0.05, 0.1) is 23.5 Å². The number of carbonyl (C=O) groups is 2. The van der Waals surface area contributed by atoms with Crippen LogP contribution in [-0.2, 0) is 24.2 Å². The number of benzene rings is 2. The van der Waals surface area contributed by atoms with E-state index in [4.69, 9.17) is 27.9 Å². The van der Waals surface area contributed by atoms with Gasteiger partial charge >= 0.3 is 5.97 Å². The van der Waals surface area contributed by atoms with Gasteiger partial charge in [0.1, 0.15) is 12.2 Å². The van der Waals surface area contributed by atoms with Gasteiger partial charge < -0.3 is 14.7 Å². The molecule has 0 aromatic heterocycles. The van der Waals surface area contributed by atoms with Crippen molar-refractivity contribution in [3.8, 4) is 0 Å². The highest BCUT2D eigenvalue weighted by Crippen LogP contribution is 2.45. The number of halogens is 2. The van der Waals surface area contributed by atoms with Crippen molar-refractivity contribution in [3.63, 3.8) is 0 Å². The summed E-state index contributed by atoms with van der Waals surface area (Å²) in [6.07, 6.45) is 0.810. The molecular weight excluding hydrogens is 537 g/mol. The van der Waals surface area contributed by atoms with Crippen LogP contribution in [0, 0.1) is 0 Å². The summed E-state index contributed by atoms with van der Waals surface area (Å²) in [6.45, 7) is 1.84. The number of ether oxygens (including phenoxy) is 1. The average Bonchev–Trinajstić information content (AvgIpc) is 3.40. The van der Waals surface area contributed by atoms with Gasteiger partial charge in [0.2, 0.25) is 0 Å². The molecule has 0 spiro atoms. The van der Waals surface area contributed by atoms with Crippen LogP contribution in [-0.4, -0.2) is 53.4 Å². The summed E-state index contributed by atoms with van der Waals surface area (Å²) < 4.78 is 33.0. The van der Waals surface area contributed by atoms with Gasteiger partial charge in [0.15, 0.2) is 9.84 Å². The van der Waals surface area contributed by atoms with Crippen LogP contribution in [0.2, 0.25) is 10.0 Å². The Balaban J connectivity index is 1.83. The maximum absolute atomic E-state index is 13.9. The molecule has 4 atom stereocenters. The van der Waals surface area contributed by atoms with Crippen molar-refractivity contribution in [2.75, 3.05) is 5.75 Å². The number of carbonyl (C=O) groups excluding carboxylic acids is 1. The number of morpholine rings is 1. The topological polar surface area (TPSA) is 101 Å². The Hall–Kier alpha value is -2.13. The molecular formula is C27H31Cl2NO6S. The summed E-state index contributed by atoms with van der Waals surface area (Å²) in [5.41, 5.74) is 1.36. The molecule has 3 unspecified atom stereocenters. The summed E-state index contributed by atoms with van der Waals surface area (Å²) in [7, 11) is -3.48. The summed E-state index contributed by atoms with van der Waals surface area (Å²) in [6, 6.07) is 12.6. The van der Waals surface area contributed by atoms with E-state index in [1.165, 1.54) is 0 Å². The lowest BCUT2D eigenvalue weighted by molar-refractivity contribution is -0.182. The largest absolute Gasteiger partial charge is 0.481 e. The number of amides is 1. The number of hydrogen-bond acceptors (Lipinski definition) is 5. The van der Waals surface area contributed by atoms with Crippen molar-refractivity contribution in [1.29, 1.82) is 0 Å². The smallest absolute Gasteiger partial charge is 0.306 e. The van der Waals surface area contributed by atoms with Gasteiger partial charge in [-0.25, -0.2) is 8.42 Å². The van der Waals surface area contributed by atoms with Crippen molar-refractivity contribution in [3.05, 3.63) is 69.7 Å². The molecule has 0 bridgehead atoms. The standard InChI is InChI=1S/C27H31Cl2NO6S/c1-2-21(16-37(34,35)22-8-3-4-9-22)30-25(17-10-12-19(28)13-11-17)26(18-6-5-7-20(29)14-18)36-23(27(30)33)15-24(31)32/h5-7,10-14,21-23,25-26H,2-4,8-9,15-16H2,1H3,(H,31,32)/t21?,23?,25-,26?/m1/s1. The van der Waals surface area contributed by atoms with Crippen LogP contribution in [0.4, 0.5) is 0 Å². The molecule has 2 aliphatic rings. The predicted octanol–water partition coefficient (Wildman–Crippen LogP) is 5.61. The zero-order valence-corrected chi connectivity index (χ0v) is 22.9. The highest BCUT2D eigenvalue weighted by Gasteiger charge is 2.48. The van der Waals surface area contributed by atoms with E-state index in [0.717, 1.165) is 12.8 Å². The van der Waals surface area contributed by atoms with Gasteiger partial charge in [-0.1, -0.05) is 67.2 Å². The molecule has 2 aromatic carbocycles. The van der Waals surface area contributed by atoms with Crippen LogP contribution in [0.5, 0.6) is 0 Å². The van der Waals surface area contributed by atoms with Crippen molar-refractivity contribution in [2.24, 2.45) is 0 Å². The molecule has 10 heteroatoms. The number of carboxylic acid groups (broad SMARTS) is 1. The first-order valence-corrected chi connectivity index (χ1v) is 15.0. The normalized spacial score (nSPS) is 23.8. The van der Waals surface area contributed by atoms with Gasteiger partial charge in [-0.2, -0.15) is 0 Å². The lowest BCUT2D eigenvalue weighted by atomic mass is 9.89. The molecule has 1 amide bonds. The Bertz CT molecular complexity index is 1230. The van der Waals surface area contributed by atoms with E-state index in [0.29, 0.717) is 40.4 Å². The minimum absolute atomic E-state index is 0.188. The first-order valence-electron chi connectivity index (χ1n) is 12.5. The number of rotatable bonds is 9. The zero-order valence-electron chi connectivity index (χ0n) is 20.6. The van der Waals surface area contributed by atoms with Gasteiger partial charge in [0, 0.05) is 16.1 Å². The van der Waals surface area contributed by atoms with E-state index in [1.807, 2.05) is 13.0 Å². The Morgan fingerprint density at radius 1 is 1.08 bits per heavy atom. The molecule has 37 heavy (non-hydrogen) atoms. The molecule has 4 rings (SSSR count). The highest BCUT2D eigenvalue weighted by molar-refractivity contribution is 7.92. The van der Waals surface area contributed by atoms with E-state index in [1.54, 1.807) is 47.4 Å². The summed E-state index contributed by atoms with van der Waals surface area (Å²) >= 11 is 12.4. The molecule has 2 fully saturated rings. The molecule has 7 nitrogen and oxygen atoms in total. The van der Waals surface area contributed by atoms with Crippen molar-refractivity contribution in [1.82, 2.24) is 4.90 Å². The van der Waals surface area contributed by atoms with E-state index in [-0.39, 0.29) is 5.75 Å². The molecule has 200 valence electrons. The Morgan fingerprint density at radius 2 is 1.76 bits per heavy atom. The third kappa shape index (κ3) is 6.30. The molecule has 1 aliphatic heterocycles. The highest BCUT2D eigenvalue weighted by atomic mass is 35.5. The third-order valence-corrected chi connectivity index (χ3v) is 10.1. The Morgan fingerprint density at radius 3 is 2.35 bits per heavy atom. The summed E-state index contributed by atoms with van der Waals surface area (Å²) in [5.74, 6) is -1.90. The Labute approximate surface area is 227 Å². The zero-order chi connectivity index (χ0) is 26.7. The van der Waals surface area contributed by atoms with Crippen LogP contribution in [0.25, 0.3) is 0 Å². The second-order valence-electron chi connectivity index (χ2n) is 9.74. The fraction of sp³-hybridized carbons (Fsp3) is 0.481. The van der Waals surface area contributed by atoms with Gasteiger partial charge in [0.25, 0.3) is 5.91 Å². The maximum atomic E-state index is 13.9. The van der Waals surface area contributed by atoms with Crippen molar-refractivity contribution >= 4 is 44.9 Å². The van der Waals surface area contributed by atoms with Crippen molar-refractivity contribution in [2.45, 2.75) is 75.0 Å². The Kier molecular flexibility index (Phi) is 8.84. The van der Waals surface area contributed by atoms with E-state index >= 15 is 0 Å². The quantitative estimate of drug-likeness (QED) is 0.422. The van der Waals surface area contributed by atoms with E-state index in [9.17, 15) is 23.1 Å². The monoisotopic (exact) mass is 567 g/mol. The fourth-order valence-corrected chi connectivity index (χ4v) is 8.03. The van der Waals surface area contributed by atoms with E-state index < -0.39 is 57.7 Å². The number of aliphatic carboxylic acids is 1. The second kappa shape index (κ2) is 11.7. The SMILES string of the molecule is CCC(CS(=O)(=O)C1CCCC1)N1C(=O)C(CC(=O)O)OC(c2cccc(Cl)c2)[C@H]1c1ccc(Cl)cc1. The molecule has 1 aliphatic carbocycles. The minimum Gasteiger partial charge on any atom is -0.481 e. The summed E-state index contributed by atoms with van der Waals surface area (Å²) in [4.78, 5) is 27.1. The van der Waals surface area contributed by atoms with Crippen LogP contribution < -0.4 is 0 Å². The van der Waals surface area contributed by atoms with Crippen molar-refractivity contribution < 1.29 is 27.9 Å². The maximum Gasteiger partial charge on any atom is 0.306 e. The molecule has 1 N–H and O–H groups in total. The fourth-order valence-electron chi connectivity index (χ4n) is 5.45. The lowest BCUT2D eigenvalue weighted by Gasteiger charge is -2.48. The molecule has 1 saturated carbocycles. The van der Waals surface area contributed by atoms with Gasteiger partial charge in [-0.05, 0) is 54.7 Å². The van der Waals surface area contributed by atoms with Gasteiger partial charge in [-0.15, -0.1) is 0 Å². The molecule has 1 saturated heterocycles. The molecule has 1 heterocycles. The number of nitrogens with zero attached hydrogens (tertiary/aromatic N) is 1. The van der Waals surface area contributed by atoms with Crippen LogP contribution >= 0.6 is 23.2 Å². The average molecular weight is 569 g/mol. The lowest BCUT2D eigenvalue weighted by Crippen LogP contribution is -2.56. The summed E-state index contributed by atoms with van der Waals surface area (Å²) in [5, 5.41) is 10.1. The first kappa shape index (κ1) is 27.9. The number of hydrogen-bond donors (Lipinski definition) is 1. The van der Waals surface area contributed by atoms with Crippen LogP contribution in [0.1, 0.15) is 68.7 Å². The van der Waals surface area contributed by atoms with Crippen LogP contribution in [0.3, 0.4) is 0 Å². The third-order valence-electron chi connectivity index (χ3n) is 7.28.